The van der Waals surface area contributed by atoms with Gasteiger partial charge < -0.3 is 9.47 Å². The van der Waals surface area contributed by atoms with E-state index >= 15 is 0 Å². The zero-order valence-electron chi connectivity index (χ0n) is 11.2. The highest BCUT2D eigenvalue weighted by molar-refractivity contribution is 6.34. The minimum Gasteiger partial charge on any atom is -0.463 e. The molecule has 0 saturated heterocycles. The van der Waals surface area contributed by atoms with Crippen LogP contribution in [0.3, 0.4) is 0 Å². The molecule has 0 radical (unpaired) electrons. The first kappa shape index (κ1) is 15.6. The Morgan fingerprint density at radius 2 is 1.05 bits per heavy atom. The summed E-state index contributed by atoms with van der Waals surface area (Å²) in [6, 6.07) is 6.45. The number of Topliss-reactive ketones (excluding diaryl/α,β-unsaturated/α-hetero) is 2. The van der Waals surface area contributed by atoms with Crippen LogP contribution < -0.4 is 0 Å². The first-order valence-electron chi connectivity index (χ1n) is 5.78. The van der Waals surface area contributed by atoms with E-state index in [1.54, 1.807) is 24.3 Å². The van der Waals surface area contributed by atoms with Crippen molar-refractivity contribution in [3.8, 4) is 0 Å². The number of ether oxygens (including phenoxy) is 2. The van der Waals surface area contributed by atoms with E-state index in [0.717, 1.165) is 14.2 Å². The SMILES string of the molecule is COC(=O)C(=O)Cc1ccc(CC(=O)C(=O)OC)cc1. The number of hydrogen-bond donors (Lipinski definition) is 0. The normalized spacial score (nSPS) is 9.70. The fourth-order valence-electron chi connectivity index (χ4n) is 1.52. The van der Waals surface area contributed by atoms with Crippen molar-refractivity contribution in [3.63, 3.8) is 0 Å². The second-order valence-electron chi connectivity index (χ2n) is 4.00. The summed E-state index contributed by atoms with van der Waals surface area (Å²) in [6.07, 6.45) is -0.143. The van der Waals surface area contributed by atoms with Crippen molar-refractivity contribution in [2.24, 2.45) is 0 Å². The number of methoxy groups -OCH3 is 2. The highest BCUT2D eigenvalue weighted by Crippen LogP contribution is 2.07. The topological polar surface area (TPSA) is 86.7 Å². The average Bonchev–Trinajstić information content (AvgIpc) is 2.47. The number of carbonyl (C=O) groups excluding carboxylic acids is 4. The van der Waals surface area contributed by atoms with Gasteiger partial charge in [-0.15, -0.1) is 0 Å². The zero-order chi connectivity index (χ0) is 15.1. The summed E-state index contributed by atoms with van der Waals surface area (Å²) in [5, 5.41) is 0. The number of hydrogen-bond acceptors (Lipinski definition) is 6. The van der Waals surface area contributed by atoms with Gasteiger partial charge in [0.05, 0.1) is 14.2 Å². The average molecular weight is 278 g/mol. The van der Waals surface area contributed by atoms with Gasteiger partial charge in [-0.1, -0.05) is 24.3 Å². The van der Waals surface area contributed by atoms with Crippen molar-refractivity contribution in [2.75, 3.05) is 14.2 Å². The smallest absolute Gasteiger partial charge is 0.374 e. The Bertz CT molecular complexity index is 480. The van der Waals surface area contributed by atoms with E-state index in [1.807, 2.05) is 0 Å². The van der Waals surface area contributed by atoms with E-state index in [0.29, 0.717) is 11.1 Å². The summed E-state index contributed by atoms with van der Waals surface area (Å²) in [6.45, 7) is 0. The van der Waals surface area contributed by atoms with E-state index < -0.39 is 23.5 Å². The van der Waals surface area contributed by atoms with Crippen molar-refractivity contribution in [1.29, 1.82) is 0 Å². The molecule has 6 heteroatoms. The van der Waals surface area contributed by atoms with Crippen LogP contribution in [0.15, 0.2) is 24.3 Å². The van der Waals surface area contributed by atoms with Gasteiger partial charge in [0.1, 0.15) is 0 Å². The Balaban J connectivity index is 2.65. The van der Waals surface area contributed by atoms with Gasteiger partial charge >= 0.3 is 11.9 Å². The summed E-state index contributed by atoms with van der Waals surface area (Å²) < 4.78 is 8.63. The quantitative estimate of drug-likeness (QED) is 0.548. The molecule has 0 fully saturated rings. The van der Waals surface area contributed by atoms with Crippen molar-refractivity contribution in [1.82, 2.24) is 0 Å². The first-order chi connectivity index (χ1) is 9.47. The highest BCUT2D eigenvalue weighted by Gasteiger charge is 2.16. The molecule has 0 spiro atoms. The molecule has 0 bridgehead atoms. The third-order valence-corrected chi connectivity index (χ3v) is 2.58. The number of carbonyl (C=O) groups is 4. The molecule has 0 aliphatic carbocycles. The third-order valence-electron chi connectivity index (χ3n) is 2.58. The van der Waals surface area contributed by atoms with E-state index in [4.69, 9.17) is 0 Å². The molecule has 0 atom stereocenters. The van der Waals surface area contributed by atoms with Gasteiger partial charge in [-0.25, -0.2) is 9.59 Å². The van der Waals surface area contributed by atoms with Crippen LogP contribution in [-0.2, 0) is 41.5 Å². The summed E-state index contributed by atoms with van der Waals surface area (Å²) in [5.74, 6) is -3.08. The Kier molecular flexibility index (Phi) is 5.58. The van der Waals surface area contributed by atoms with E-state index in [1.165, 1.54) is 0 Å². The molecule has 0 saturated carbocycles. The van der Waals surface area contributed by atoms with Crippen LogP contribution in [0.5, 0.6) is 0 Å². The maximum absolute atomic E-state index is 11.3. The fourth-order valence-corrected chi connectivity index (χ4v) is 1.52. The van der Waals surface area contributed by atoms with Gasteiger partial charge in [0, 0.05) is 12.8 Å². The molecule has 0 aliphatic rings. The number of ketones is 2. The van der Waals surface area contributed by atoms with E-state index in [9.17, 15) is 19.2 Å². The van der Waals surface area contributed by atoms with Gasteiger partial charge in [0.15, 0.2) is 0 Å². The molecular weight excluding hydrogens is 264 g/mol. The van der Waals surface area contributed by atoms with Crippen molar-refractivity contribution >= 4 is 23.5 Å². The Morgan fingerprint density at radius 1 is 0.750 bits per heavy atom. The molecule has 106 valence electrons. The number of rotatable bonds is 6. The monoisotopic (exact) mass is 278 g/mol. The molecule has 20 heavy (non-hydrogen) atoms. The zero-order valence-corrected chi connectivity index (χ0v) is 11.2. The molecule has 0 unspecified atom stereocenters. The van der Waals surface area contributed by atoms with Crippen LogP contribution >= 0.6 is 0 Å². The Morgan fingerprint density at radius 3 is 1.30 bits per heavy atom. The minimum absolute atomic E-state index is 0.0715. The van der Waals surface area contributed by atoms with Gasteiger partial charge in [-0.3, -0.25) is 9.59 Å². The molecule has 0 N–H and O–H groups in total. The van der Waals surface area contributed by atoms with Gasteiger partial charge in [-0.2, -0.15) is 0 Å². The van der Waals surface area contributed by atoms with Crippen LogP contribution in [-0.4, -0.2) is 37.7 Å². The third kappa shape index (κ3) is 4.31. The lowest BCUT2D eigenvalue weighted by Gasteiger charge is -2.03. The minimum atomic E-state index is -0.894. The summed E-state index contributed by atoms with van der Waals surface area (Å²) in [4.78, 5) is 44.6. The first-order valence-corrected chi connectivity index (χ1v) is 5.78. The summed E-state index contributed by atoms with van der Waals surface area (Å²) in [7, 11) is 2.28. The van der Waals surface area contributed by atoms with Crippen LogP contribution in [0.25, 0.3) is 0 Å². The number of esters is 2. The van der Waals surface area contributed by atoms with Gasteiger partial charge in [-0.05, 0) is 11.1 Å². The molecule has 1 aromatic carbocycles. The van der Waals surface area contributed by atoms with Crippen molar-refractivity contribution < 1.29 is 28.7 Å². The van der Waals surface area contributed by atoms with E-state index in [-0.39, 0.29) is 12.8 Å². The lowest BCUT2D eigenvalue weighted by Crippen LogP contribution is -2.18. The standard InChI is InChI=1S/C14H14O6/c1-19-13(17)11(15)7-9-3-5-10(6-4-9)8-12(16)14(18)20-2/h3-6H,7-8H2,1-2H3. The lowest BCUT2D eigenvalue weighted by atomic mass is 10.0. The molecule has 1 aromatic rings. The van der Waals surface area contributed by atoms with Crippen LogP contribution in [0.1, 0.15) is 11.1 Å². The summed E-state index contributed by atoms with van der Waals surface area (Å²) >= 11 is 0. The van der Waals surface area contributed by atoms with Crippen LogP contribution in [0.4, 0.5) is 0 Å². The molecule has 0 heterocycles. The summed E-state index contributed by atoms with van der Waals surface area (Å²) in [5.41, 5.74) is 1.24. The van der Waals surface area contributed by atoms with Crippen molar-refractivity contribution in [2.45, 2.75) is 12.8 Å². The highest BCUT2D eigenvalue weighted by atomic mass is 16.5. The number of benzene rings is 1. The molecule has 1 rings (SSSR count). The Labute approximate surface area is 115 Å². The largest absolute Gasteiger partial charge is 0.463 e. The van der Waals surface area contributed by atoms with Crippen molar-refractivity contribution in [3.05, 3.63) is 35.4 Å². The molecule has 0 aromatic heterocycles. The van der Waals surface area contributed by atoms with Crippen LogP contribution in [0, 0.1) is 0 Å². The second-order valence-corrected chi connectivity index (χ2v) is 4.00. The van der Waals surface area contributed by atoms with Crippen LogP contribution in [0.2, 0.25) is 0 Å². The Hall–Kier alpha value is -2.50. The molecule has 0 aliphatic heterocycles. The maximum Gasteiger partial charge on any atom is 0.374 e. The molecule has 0 amide bonds. The molecular formula is C14H14O6. The van der Waals surface area contributed by atoms with E-state index in [2.05, 4.69) is 9.47 Å². The predicted octanol–water partition coefficient (Wildman–Crippen LogP) is 0.256. The maximum atomic E-state index is 11.3. The fraction of sp³-hybridized carbons (Fsp3) is 0.286. The molecule has 6 nitrogen and oxygen atoms in total. The lowest BCUT2D eigenvalue weighted by molar-refractivity contribution is -0.151. The predicted molar refractivity (Wildman–Crippen MR) is 67.9 cm³/mol. The second kappa shape index (κ2) is 7.18. The van der Waals surface area contributed by atoms with Gasteiger partial charge in [0.25, 0.3) is 0 Å². The van der Waals surface area contributed by atoms with Gasteiger partial charge in [0.2, 0.25) is 11.6 Å².